The number of phenolic OH excluding ortho intramolecular Hbond substituents is 2. The van der Waals surface area contributed by atoms with Crippen LogP contribution in [-0.2, 0) is 45.4 Å². The lowest BCUT2D eigenvalue weighted by atomic mass is 10.1. The summed E-state index contributed by atoms with van der Waals surface area (Å²) in [5.41, 5.74) is 21.8. The van der Waals surface area contributed by atoms with Gasteiger partial charge in [-0.25, -0.2) is 0 Å². The van der Waals surface area contributed by atoms with Crippen LogP contribution < -0.4 is 33.2 Å². The molecule has 680 valence electrons. The fourth-order valence-corrected chi connectivity index (χ4v) is 17.9. The summed E-state index contributed by atoms with van der Waals surface area (Å²) in [7, 11) is 0. The molecule has 19 rings (SSSR count). The molecule has 3 aliphatic rings. The number of alkyl halides is 1. The van der Waals surface area contributed by atoms with E-state index in [2.05, 4.69) is 213 Å². The van der Waals surface area contributed by atoms with Gasteiger partial charge in [-0.05, 0) is 335 Å². The molecular weight excluding hydrogens is 1660 g/mol. The zero-order valence-electron chi connectivity index (χ0n) is 75.8. The number of H-pyrrole nitrogens is 1. The highest BCUT2D eigenvalue weighted by Crippen LogP contribution is 2.40. The van der Waals surface area contributed by atoms with Crippen LogP contribution >= 0.6 is 11.6 Å². The molecule has 6 heterocycles. The van der Waals surface area contributed by atoms with E-state index in [4.69, 9.17) is 44.8 Å². The largest absolute Gasteiger partial charge is 0.508 e. The van der Waals surface area contributed by atoms with Crippen molar-refractivity contribution >= 4 is 44.3 Å². The van der Waals surface area contributed by atoms with Gasteiger partial charge >= 0.3 is 0 Å². The van der Waals surface area contributed by atoms with Crippen molar-refractivity contribution in [2.24, 2.45) is 0 Å². The first-order valence-corrected chi connectivity index (χ1v) is 47.1. The Balaban J connectivity index is 0.000000141. The highest BCUT2D eigenvalue weighted by molar-refractivity contribution is 6.17. The lowest BCUT2D eigenvalue weighted by molar-refractivity contribution is 0.183. The van der Waals surface area contributed by atoms with Crippen molar-refractivity contribution in [2.75, 3.05) is 78.7 Å². The molecule has 132 heavy (non-hydrogen) atoms. The first kappa shape index (κ1) is 93.5. The lowest BCUT2D eigenvalue weighted by Crippen LogP contribution is -2.33. The summed E-state index contributed by atoms with van der Waals surface area (Å²) in [6.45, 7) is 22.6. The van der Waals surface area contributed by atoms with Crippen LogP contribution in [0.15, 0.2) is 322 Å². The molecule has 0 saturated carbocycles. The molecule has 3 fully saturated rings. The fourth-order valence-electron chi connectivity index (χ4n) is 17.7. The number of ether oxygens (including phenoxy) is 7. The molecule has 3 saturated heterocycles. The van der Waals surface area contributed by atoms with Crippen molar-refractivity contribution in [1.29, 1.82) is 0 Å². The van der Waals surface area contributed by atoms with Crippen LogP contribution in [0.3, 0.4) is 0 Å². The first-order valence-electron chi connectivity index (χ1n) is 46.5. The standard InChI is InChI=1S/C43H44N2O3.C29H32N2O3.C29H25NO2.C14H20ClNO.CH4/c1-33-41-29-40(48-32-36-13-7-3-8-14-36)23-24-42(41)45(30-34-15-19-38(20-16-34)46-28-27-44-25-9-4-10-26-44)43(33)37-17-21-39(22-18-37)47-31-35-11-5-2-6-12-35;1-21-27-19-25(33)11-14-28(27)31(29(21)23-7-9-24(32)10-8-23)20-22-5-12-26(13-6-22)34-18-17-30-15-3-2-4-16-30;1-21-27-18-26(32-20-23-10-6-3-7-11-23)16-17-28(27)30-29(21)24-12-14-25(15-13-24)31-19-22-8-4-2-5-9-22;15-12-13-4-6-14(7-5-13)17-11-10-16-8-2-1-3-9-16;/h2-3,5-8,11-24,29H,4,9-10,25-28,30-32H2,1H3;5-14,19,32-33H,2-4,15-18,20H2,1H3;2-18,30H,19-20H2,1H3;4-7H,1-3,8-12H2;1H4. The minimum absolute atomic E-state index is 0. The summed E-state index contributed by atoms with van der Waals surface area (Å²) in [5, 5.41) is 23.2. The second kappa shape index (κ2) is 47.6. The summed E-state index contributed by atoms with van der Waals surface area (Å²) in [5.74, 6) is 7.30. The molecule has 15 nitrogen and oxygen atoms in total. The number of phenols is 2. The van der Waals surface area contributed by atoms with Crippen LogP contribution in [0.25, 0.3) is 66.5 Å². The lowest BCUT2D eigenvalue weighted by Gasteiger charge is -2.26. The number of likely N-dealkylation sites (tertiary alicyclic amines) is 3. The van der Waals surface area contributed by atoms with Gasteiger partial charge in [-0.1, -0.05) is 184 Å². The van der Waals surface area contributed by atoms with E-state index in [-0.39, 0.29) is 18.9 Å². The Labute approximate surface area is 784 Å². The Bertz CT molecular complexity index is 6190. The smallest absolute Gasteiger partial charge is 0.120 e. The molecule has 0 amide bonds. The number of nitrogens with one attached hydrogen (secondary N) is 1. The molecule has 13 aromatic carbocycles. The van der Waals surface area contributed by atoms with Crippen LogP contribution in [0.5, 0.6) is 51.7 Å². The topological polar surface area (TPSA) is 140 Å². The van der Waals surface area contributed by atoms with E-state index in [0.717, 1.165) is 164 Å². The van der Waals surface area contributed by atoms with Gasteiger partial charge in [0, 0.05) is 77.0 Å². The Hall–Kier alpha value is -13.2. The van der Waals surface area contributed by atoms with Gasteiger partial charge in [0.2, 0.25) is 0 Å². The highest BCUT2D eigenvalue weighted by atomic mass is 35.5. The summed E-state index contributed by atoms with van der Waals surface area (Å²) >= 11 is 5.74. The molecule has 0 bridgehead atoms. The number of halogens is 1. The zero-order valence-corrected chi connectivity index (χ0v) is 76.5. The number of hydrogen-bond acceptors (Lipinski definition) is 12. The van der Waals surface area contributed by atoms with Gasteiger partial charge in [0.1, 0.15) is 98.0 Å². The molecule has 3 aromatic heterocycles. The molecule has 16 aromatic rings. The molecule has 0 aliphatic carbocycles. The van der Waals surface area contributed by atoms with E-state index in [1.165, 1.54) is 141 Å². The van der Waals surface area contributed by atoms with Gasteiger partial charge in [-0.15, -0.1) is 11.6 Å². The van der Waals surface area contributed by atoms with Gasteiger partial charge in [-0.3, -0.25) is 14.7 Å². The number of rotatable bonds is 32. The maximum absolute atomic E-state index is 10.1. The fraction of sp³-hybridized carbons (Fsp3) is 0.276. The van der Waals surface area contributed by atoms with E-state index in [1.54, 1.807) is 18.2 Å². The Morgan fingerprint density at radius 1 is 0.288 bits per heavy atom. The number of aromatic nitrogens is 3. The molecular formula is C116H125ClN6O9. The number of benzene rings is 13. The van der Waals surface area contributed by atoms with Crippen molar-refractivity contribution in [3.63, 3.8) is 0 Å². The molecule has 0 spiro atoms. The molecule has 0 radical (unpaired) electrons. The first-order chi connectivity index (χ1) is 64.4. The van der Waals surface area contributed by atoms with Crippen LogP contribution in [0.1, 0.15) is 121 Å². The zero-order chi connectivity index (χ0) is 89.7. The van der Waals surface area contributed by atoms with E-state index >= 15 is 0 Å². The third kappa shape index (κ3) is 25.9. The quantitative estimate of drug-likeness (QED) is 0.0346. The average molecular weight is 1780 g/mol. The van der Waals surface area contributed by atoms with Crippen molar-refractivity contribution < 1.29 is 43.4 Å². The van der Waals surface area contributed by atoms with Gasteiger partial charge in [0.25, 0.3) is 0 Å². The SMILES string of the molecule is C.Cc1c(-c2ccc(O)cc2)n(Cc2ccc(OCCN3CCCCC3)cc2)c2ccc(O)cc12.Cc1c(-c2ccc(OCc3ccccc3)cc2)[nH]c2ccc(OCc3ccccc3)cc12.Cc1c(-c2ccc(OCc3ccccc3)cc2)n(Cc2ccc(OCCN3CCCCC3)cc2)c2ccc(OCc3ccccc3)cc12.ClCc1ccc(OCCN2CCCCC2)cc1. The van der Waals surface area contributed by atoms with Crippen LogP contribution in [0.2, 0.25) is 0 Å². The average Bonchev–Trinajstić information content (AvgIpc) is 1.62. The molecule has 16 heteroatoms. The van der Waals surface area contributed by atoms with Crippen molar-refractivity contribution in [3.05, 3.63) is 377 Å². The third-order valence-corrected chi connectivity index (χ3v) is 25.3. The number of aromatic amines is 1. The van der Waals surface area contributed by atoms with Gasteiger partial charge < -0.3 is 57.5 Å². The second-order valence-electron chi connectivity index (χ2n) is 34.3. The number of piperidine rings is 3. The maximum Gasteiger partial charge on any atom is 0.120 e. The van der Waals surface area contributed by atoms with E-state index < -0.39 is 0 Å². The normalized spacial score (nSPS) is 13.5. The van der Waals surface area contributed by atoms with Crippen molar-refractivity contribution in [2.45, 2.75) is 131 Å². The number of aromatic hydroxyl groups is 2. The summed E-state index contributed by atoms with van der Waals surface area (Å²) in [6.07, 6.45) is 12.0. The minimum Gasteiger partial charge on any atom is -0.508 e. The monoisotopic (exact) mass is 1780 g/mol. The van der Waals surface area contributed by atoms with Crippen molar-refractivity contribution in [3.8, 4) is 85.5 Å². The Kier molecular flexibility index (Phi) is 33.7. The minimum atomic E-state index is 0. The number of aryl methyl sites for hydroxylation is 3. The van der Waals surface area contributed by atoms with Crippen LogP contribution in [-0.4, -0.2) is 118 Å². The third-order valence-electron chi connectivity index (χ3n) is 25.0. The van der Waals surface area contributed by atoms with Crippen LogP contribution in [0, 0.1) is 20.8 Å². The van der Waals surface area contributed by atoms with Gasteiger partial charge in [-0.2, -0.15) is 0 Å². The molecule has 3 aliphatic heterocycles. The molecule has 0 atom stereocenters. The number of hydrogen-bond donors (Lipinski definition) is 3. The van der Waals surface area contributed by atoms with Gasteiger partial charge in [0.05, 0.1) is 11.4 Å². The number of nitrogens with zero attached hydrogens (tertiary/aromatic N) is 5. The maximum atomic E-state index is 10.1. The Morgan fingerprint density at radius 3 is 0.992 bits per heavy atom. The van der Waals surface area contributed by atoms with E-state index in [1.807, 2.05) is 140 Å². The molecule has 0 unspecified atom stereocenters. The summed E-state index contributed by atoms with van der Waals surface area (Å²) in [4.78, 5) is 11.0. The van der Waals surface area contributed by atoms with Gasteiger partial charge in [0.15, 0.2) is 0 Å². The van der Waals surface area contributed by atoms with E-state index in [0.29, 0.717) is 38.9 Å². The predicted octanol–water partition coefficient (Wildman–Crippen LogP) is 26.9. The molecule has 3 N–H and O–H groups in total. The number of fused-ring (bicyclic) bond motifs is 3. The van der Waals surface area contributed by atoms with E-state index in [9.17, 15) is 10.2 Å². The summed E-state index contributed by atoms with van der Waals surface area (Å²) in [6, 6.07) is 108. The van der Waals surface area contributed by atoms with Crippen LogP contribution in [0.4, 0.5) is 0 Å². The van der Waals surface area contributed by atoms with Crippen molar-refractivity contribution in [1.82, 2.24) is 28.8 Å². The second-order valence-corrected chi connectivity index (χ2v) is 34.6. The highest BCUT2D eigenvalue weighted by Gasteiger charge is 2.22. The summed E-state index contributed by atoms with van der Waals surface area (Å²) < 4.78 is 46.9. The Morgan fingerprint density at radius 2 is 0.598 bits per heavy atom. The predicted molar refractivity (Wildman–Crippen MR) is 540 cm³/mol.